The van der Waals surface area contributed by atoms with E-state index in [1.807, 2.05) is 11.4 Å². The number of nitrogens with zero attached hydrogens (tertiary/aromatic N) is 2. The Morgan fingerprint density at radius 1 is 1.21 bits per heavy atom. The summed E-state index contributed by atoms with van der Waals surface area (Å²) < 4.78 is 12.3. The number of aromatic amines is 1. The second kappa shape index (κ2) is 7.31. The molecule has 4 heterocycles. The van der Waals surface area contributed by atoms with Crippen LogP contribution in [0.25, 0.3) is 10.2 Å². The Balaban J connectivity index is 1.50. The standard InChI is InChI=1S/C17H23N3O3S/c21-17-16-14(5-8-24-16)18-15(19-17)11-20(9-12-3-1-6-22-12)10-13-4-2-7-23-13/h5,8,12-13H,1-4,6-7,9-11H2,(H,18,19,21)/t12-,13-/m0/s1. The first-order valence-electron chi connectivity index (χ1n) is 8.70. The number of fused-ring (bicyclic) bond motifs is 1. The zero-order chi connectivity index (χ0) is 16.4. The summed E-state index contributed by atoms with van der Waals surface area (Å²) in [6.07, 6.45) is 5.04. The van der Waals surface area contributed by atoms with Gasteiger partial charge in [0.15, 0.2) is 0 Å². The minimum atomic E-state index is -0.0424. The van der Waals surface area contributed by atoms with Crippen LogP contribution in [0.15, 0.2) is 16.2 Å². The van der Waals surface area contributed by atoms with Crippen molar-refractivity contribution in [2.75, 3.05) is 26.3 Å². The van der Waals surface area contributed by atoms with Crippen LogP contribution in [0.4, 0.5) is 0 Å². The van der Waals surface area contributed by atoms with E-state index >= 15 is 0 Å². The third kappa shape index (κ3) is 3.69. The van der Waals surface area contributed by atoms with Gasteiger partial charge in [-0.25, -0.2) is 4.98 Å². The number of nitrogens with one attached hydrogen (secondary N) is 1. The summed E-state index contributed by atoms with van der Waals surface area (Å²) in [4.78, 5) is 22.1. The van der Waals surface area contributed by atoms with E-state index < -0.39 is 0 Å². The van der Waals surface area contributed by atoms with E-state index in [1.54, 1.807) is 0 Å². The summed E-state index contributed by atoms with van der Waals surface area (Å²) >= 11 is 1.43. The zero-order valence-electron chi connectivity index (χ0n) is 13.7. The summed E-state index contributed by atoms with van der Waals surface area (Å²) in [5.41, 5.74) is 0.743. The number of thiophene rings is 1. The molecule has 0 saturated carbocycles. The zero-order valence-corrected chi connectivity index (χ0v) is 14.5. The van der Waals surface area contributed by atoms with Gasteiger partial charge in [0.2, 0.25) is 0 Å². The van der Waals surface area contributed by atoms with Crippen LogP contribution in [0.5, 0.6) is 0 Å². The quantitative estimate of drug-likeness (QED) is 0.865. The van der Waals surface area contributed by atoms with Crippen LogP contribution in [0.3, 0.4) is 0 Å². The van der Waals surface area contributed by atoms with Gasteiger partial charge in [0.25, 0.3) is 5.56 Å². The number of hydrogen-bond donors (Lipinski definition) is 1. The van der Waals surface area contributed by atoms with Gasteiger partial charge in [-0.1, -0.05) is 0 Å². The molecule has 7 heteroatoms. The number of ether oxygens (including phenoxy) is 2. The Labute approximate surface area is 144 Å². The maximum Gasteiger partial charge on any atom is 0.268 e. The van der Waals surface area contributed by atoms with Gasteiger partial charge in [0, 0.05) is 26.3 Å². The fourth-order valence-electron chi connectivity index (χ4n) is 3.56. The molecule has 2 fully saturated rings. The van der Waals surface area contributed by atoms with E-state index in [0.29, 0.717) is 11.2 Å². The number of aromatic nitrogens is 2. The van der Waals surface area contributed by atoms with Crippen molar-refractivity contribution in [2.24, 2.45) is 0 Å². The van der Waals surface area contributed by atoms with Gasteiger partial charge in [-0.15, -0.1) is 11.3 Å². The van der Waals surface area contributed by atoms with Crippen LogP contribution in [-0.4, -0.2) is 53.4 Å². The van der Waals surface area contributed by atoms with E-state index in [0.717, 1.165) is 63.3 Å². The molecule has 2 saturated heterocycles. The van der Waals surface area contributed by atoms with Gasteiger partial charge in [0.05, 0.1) is 24.3 Å². The highest BCUT2D eigenvalue weighted by Gasteiger charge is 2.24. The third-order valence-electron chi connectivity index (χ3n) is 4.71. The predicted octanol–water partition coefficient (Wildman–Crippen LogP) is 2.14. The molecule has 0 aromatic carbocycles. The minimum Gasteiger partial charge on any atom is -0.377 e. The summed E-state index contributed by atoms with van der Waals surface area (Å²) in [7, 11) is 0. The highest BCUT2D eigenvalue weighted by Crippen LogP contribution is 2.19. The van der Waals surface area contributed by atoms with Crippen LogP contribution >= 0.6 is 11.3 Å². The van der Waals surface area contributed by atoms with Crippen LogP contribution in [0.2, 0.25) is 0 Å². The monoisotopic (exact) mass is 349 g/mol. The molecular weight excluding hydrogens is 326 g/mol. The molecule has 0 spiro atoms. The molecule has 2 aliphatic rings. The summed E-state index contributed by atoms with van der Waals surface area (Å²) in [5, 5.41) is 1.91. The van der Waals surface area contributed by atoms with Crippen LogP contribution in [0, 0.1) is 0 Å². The lowest BCUT2D eigenvalue weighted by Gasteiger charge is -2.27. The molecule has 130 valence electrons. The molecule has 4 rings (SSSR count). The molecule has 1 N–H and O–H groups in total. The first kappa shape index (κ1) is 16.2. The largest absolute Gasteiger partial charge is 0.377 e. The lowest BCUT2D eigenvalue weighted by Crippen LogP contribution is -2.38. The highest BCUT2D eigenvalue weighted by molar-refractivity contribution is 7.17. The average molecular weight is 349 g/mol. The Bertz CT molecular complexity index is 714. The normalized spacial score (nSPS) is 24.4. The predicted molar refractivity (Wildman–Crippen MR) is 93.5 cm³/mol. The fraction of sp³-hybridized carbons (Fsp3) is 0.647. The molecular formula is C17H23N3O3S. The second-order valence-corrected chi connectivity index (χ2v) is 7.53. The summed E-state index contributed by atoms with van der Waals surface area (Å²) in [5.74, 6) is 0.724. The van der Waals surface area contributed by atoms with E-state index in [4.69, 9.17) is 9.47 Å². The smallest absolute Gasteiger partial charge is 0.268 e. The Hall–Kier alpha value is -1.28. The SMILES string of the molecule is O=c1[nH]c(CN(C[C@@H]2CCCO2)C[C@@H]2CCCO2)nc2ccsc12. The van der Waals surface area contributed by atoms with Crippen molar-refractivity contribution >= 4 is 21.6 Å². The van der Waals surface area contributed by atoms with Gasteiger partial charge in [-0.3, -0.25) is 9.69 Å². The average Bonchev–Trinajstić information content (AvgIpc) is 3.28. The molecule has 6 nitrogen and oxygen atoms in total. The van der Waals surface area contributed by atoms with Crippen LogP contribution in [-0.2, 0) is 16.0 Å². The summed E-state index contributed by atoms with van der Waals surface area (Å²) in [6.45, 7) is 4.07. The first-order valence-corrected chi connectivity index (χ1v) is 9.58. The maximum atomic E-state index is 12.2. The van der Waals surface area contributed by atoms with Crippen molar-refractivity contribution in [1.29, 1.82) is 0 Å². The fourth-order valence-corrected chi connectivity index (χ4v) is 4.29. The van der Waals surface area contributed by atoms with Crippen molar-refractivity contribution < 1.29 is 9.47 Å². The molecule has 2 atom stereocenters. The van der Waals surface area contributed by atoms with Gasteiger partial charge in [0.1, 0.15) is 10.5 Å². The van der Waals surface area contributed by atoms with Gasteiger partial charge in [-0.05, 0) is 37.1 Å². The Morgan fingerprint density at radius 3 is 2.54 bits per heavy atom. The number of H-pyrrole nitrogens is 1. The molecule has 2 aromatic heterocycles. The maximum absolute atomic E-state index is 12.2. The van der Waals surface area contributed by atoms with Crippen molar-refractivity contribution in [2.45, 2.75) is 44.4 Å². The van der Waals surface area contributed by atoms with Gasteiger partial charge in [-0.2, -0.15) is 0 Å². The molecule has 0 unspecified atom stereocenters. The Kier molecular flexibility index (Phi) is 4.93. The molecule has 0 bridgehead atoms. The third-order valence-corrected chi connectivity index (χ3v) is 5.61. The van der Waals surface area contributed by atoms with Crippen molar-refractivity contribution in [3.63, 3.8) is 0 Å². The molecule has 0 amide bonds. The summed E-state index contributed by atoms with van der Waals surface area (Å²) in [6, 6.07) is 1.91. The molecule has 24 heavy (non-hydrogen) atoms. The first-order chi connectivity index (χ1) is 11.8. The van der Waals surface area contributed by atoms with E-state index in [1.165, 1.54) is 11.3 Å². The van der Waals surface area contributed by atoms with Crippen molar-refractivity contribution in [3.8, 4) is 0 Å². The van der Waals surface area contributed by atoms with E-state index in [9.17, 15) is 4.79 Å². The van der Waals surface area contributed by atoms with Crippen molar-refractivity contribution in [3.05, 3.63) is 27.6 Å². The number of rotatable bonds is 6. The van der Waals surface area contributed by atoms with Crippen LogP contribution < -0.4 is 5.56 Å². The molecule has 2 aromatic rings. The lowest BCUT2D eigenvalue weighted by atomic mass is 10.2. The van der Waals surface area contributed by atoms with Crippen LogP contribution in [0.1, 0.15) is 31.5 Å². The van der Waals surface area contributed by atoms with Crippen molar-refractivity contribution in [1.82, 2.24) is 14.9 Å². The van der Waals surface area contributed by atoms with Gasteiger partial charge < -0.3 is 14.5 Å². The molecule has 0 aliphatic carbocycles. The lowest BCUT2D eigenvalue weighted by molar-refractivity contribution is 0.0336. The molecule has 0 radical (unpaired) electrons. The molecule has 2 aliphatic heterocycles. The number of hydrogen-bond acceptors (Lipinski definition) is 6. The topological polar surface area (TPSA) is 67.5 Å². The van der Waals surface area contributed by atoms with E-state index in [2.05, 4.69) is 14.9 Å². The van der Waals surface area contributed by atoms with E-state index in [-0.39, 0.29) is 17.8 Å². The Morgan fingerprint density at radius 2 is 1.92 bits per heavy atom. The second-order valence-electron chi connectivity index (χ2n) is 6.61. The van der Waals surface area contributed by atoms with Gasteiger partial charge >= 0.3 is 0 Å². The highest BCUT2D eigenvalue weighted by atomic mass is 32.1. The minimum absolute atomic E-state index is 0.0424.